The molecule has 32 heavy (non-hydrogen) atoms. The van der Waals surface area contributed by atoms with Gasteiger partial charge in [-0.3, -0.25) is 9.59 Å². The molecule has 1 N–H and O–H groups in total. The Labute approximate surface area is 187 Å². The van der Waals surface area contributed by atoms with E-state index in [0.717, 1.165) is 42.8 Å². The number of likely N-dealkylation sites (N-methyl/N-ethyl adjacent to an activating group) is 1. The van der Waals surface area contributed by atoms with Crippen LogP contribution in [0.4, 0.5) is 11.4 Å². The first-order valence-electron chi connectivity index (χ1n) is 10.7. The number of ether oxygens (including phenoxy) is 2. The van der Waals surface area contributed by atoms with Crippen LogP contribution in [0.1, 0.15) is 0 Å². The number of nitrogens with zero attached hydrogens (tertiary/aromatic N) is 2. The van der Waals surface area contributed by atoms with Crippen molar-refractivity contribution in [3.8, 4) is 5.75 Å². The molecule has 7 heteroatoms. The number of carbonyl (C=O) groups is 2. The van der Waals surface area contributed by atoms with Gasteiger partial charge < -0.3 is 24.6 Å². The Morgan fingerprint density at radius 1 is 1.00 bits per heavy atom. The van der Waals surface area contributed by atoms with E-state index < -0.39 is 0 Å². The van der Waals surface area contributed by atoms with Crippen LogP contribution in [0.3, 0.4) is 0 Å². The van der Waals surface area contributed by atoms with Gasteiger partial charge in [0.15, 0.2) is 6.61 Å². The summed E-state index contributed by atoms with van der Waals surface area (Å²) in [5, 5.41) is 4.99. The topological polar surface area (TPSA) is 71.1 Å². The van der Waals surface area contributed by atoms with Crippen molar-refractivity contribution in [2.75, 3.05) is 56.7 Å². The number of benzene rings is 3. The fraction of sp³-hybridized carbons (Fsp3) is 0.280. The third kappa shape index (κ3) is 5.56. The highest BCUT2D eigenvalue weighted by Gasteiger charge is 2.15. The molecule has 1 aliphatic rings. The predicted molar refractivity (Wildman–Crippen MR) is 125 cm³/mol. The molecular formula is C25H27N3O4. The maximum Gasteiger partial charge on any atom is 0.260 e. The highest BCUT2D eigenvalue weighted by Crippen LogP contribution is 2.21. The average Bonchev–Trinajstić information content (AvgIpc) is 2.83. The van der Waals surface area contributed by atoms with Crippen LogP contribution >= 0.6 is 0 Å². The molecule has 0 aromatic heterocycles. The number of hydrogen-bond acceptors (Lipinski definition) is 5. The van der Waals surface area contributed by atoms with Crippen molar-refractivity contribution in [3.63, 3.8) is 0 Å². The van der Waals surface area contributed by atoms with Crippen LogP contribution in [0.15, 0.2) is 66.7 Å². The van der Waals surface area contributed by atoms with Gasteiger partial charge in [-0.15, -0.1) is 0 Å². The number of morpholine rings is 1. The zero-order valence-corrected chi connectivity index (χ0v) is 18.1. The van der Waals surface area contributed by atoms with Crippen molar-refractivity contribution in [2.24, 2.45) is 0 Å². The number of amides is 2. The first kappa shape index (κ1) is 21.6. The Morgan fingerprint density at radius 2 is 1.72 bits per heavy atom. The second-order valence-electron chi connectivity index (χ2n) is 7.74. The van der Waals surface area contributed by atoms with Crippen molar-refractivity contribution in [1.29, 1.82) is 0 Å². The van der Waals surface area contributed by atoms with Crippen molar-refractivity contribution in [3.05, 3.63) is 66.7 Å². The number of anilines is 2. The van der Waals surface area contributed by atoms with E-state index in [-0.39, 0.29) is 25.0 Å². The molecule has 0 unspecified atom stereocenters. The molecule has 4 rings (SSSR count). The molecule has 0 atom stereocenters. The number of carbonyl (C=O) groups excluding carboxylic acids is 2. The fourth-order valence-corrected chi connectivity index (χ4v) is 3.59. The molecule has 1 fully saturated rings. The lowest BCUT2D eigenvalue weighted by Gasteiger charge is -2.28. The van der Waals surface area contributed by atoms with Gasteiger partial charge in [-0.2, -0.15) is 0 Å². The summed E-state index contributed by atoms with van der Waals surface area (Å²) < 4.78 is 11.0. The number of fused-ring (bicyclic) bond motifs is 1. The quantitative estimate of drug-likeness (QED) is 0.620. The van der Waals surface area contributed by atoms with Gasteiger partial charge in [-0.25, -0.2) is 0 Å². The highest BCUT2D eigenvalue weighted by atomic mass is 16.5. The zero-order chi connectivity index (χ0) is 22.3. The molecule has 0 saturated carbocycles. The van der Waals surface area contributed by atoms with E-state index in [0.29, 0.717) is 11.4 Å². The van der Waals surface area contributed by atoms with Crippen molar-refractivity contribution in [2.45, 2.75) is 0 Å². The first-order chi connectivity index (χ1) is 15.6. The lowest BCUT2D eigenvalue weighted by atomic mass is 10.1. The van der Waals surface area contributed by atoms with Gasteiger partial charge in [-0.05, 0) is 47.2 Å². The van der Waals surface area contributed by atoms with Gasteiger partial charge in [0.25, 0.3) is 5.91 Å². The standard InChI is InChI=1S/C25H27N3O4/c1-27(25(30)18-32-23-11-6-19-4-2-3-5-20(19)16-23)17-24(29)26-21-7-9-22(10-8-21)28-12-14-31-15-13-28/h2-11,16H,12-15,17-18H2,1H3,(H,26,29). The van der Waals surface area contributed by atoms with Gasteiger partial charge >= 0.3 is 0 Å². The van der Waals surface area contributed by atoms with E-state index in [1.807, 2.05) is 66.7 Å². The minimum Gasteiger partial charge on any atom is -0.484 e. The summed E-state index contributed by atoms with van der Waals surface area (Å²) in [5.41, 5.74) is 1.80. The molecule has 0 radical (unpaired) electrons. The minimum atomic E-state index is -0.268. The average molecular weight is 434 g/mol. The van der Waals surface area contributed by atoms with Gasteiger partial charge in [-0.1, -0.05) is 30.3 Å². The predicted octanol–water partition coefficient (Wildman–Crippen LogP) is 3.15. The summed E-state index contributed by atoms with van der Waals surface area (Å²) in [6.45, 7) is 2.99. The van der Waals surface area contributed by atoms with Crippen molar-refractivity contribution >= 4 is 34.0 Å². The molecule has 3 aromatic carbocycles. The van der Waals surface area contributed by atoms with Crippen molar-refractivity contribution in [1.82, 2.24) is 4.90 Å². The number of hydrogen-bond donors (Lipinski definition) is 1. The van der Waals surface area contributed by atoms with E-state index in [2.05, 4.69) is 10.2 Å². The monoisotopic (exact) mass is 433 g/mol. The first-order valence-corrected chi connectivity index (χ1v) is 10.7. The third-order valence-electron chi connectivity index (χ3n) is 5.42. The van der Waals surface area contributed by atoms with Crippen LogP contribution in [0.25, 0.3) is 10.8 Å². The van der Waals surface area contributed by atoms with Gasteiger partial charge in [0.05, 0.1) is 19.8 Å². The molecule has 3 aromatic rings. The normalized spacial score (nSPS) is 13.6. The molecule has 1 heterocycles. The molecule has 2 amide bonds. The SMILES string of the molecule is CN(CC(=O)Nc1ccc(N2CCOCC2)cc1)C(=O)COc1ccc2ccccc2c1. The highest BCUT2D eigenvalue weighted by molar-refractivity contribution is 5.94. The third-order valence-corrected chi connectivity index (χ3v) is 5.42. The van der Waals surface area contributed by atoms with E-state index in [9.17, 15) is 9.59 Å². The van der Waals surface area contributed by atoms with Crippen LogP contribution in [0.5, 0.6) is 5.75 Å². The second kappa shape index (κ2) is 10.2. The summed E-state index contributed by atoms with van der Waals surface area (Å²) >= 11 is 0. The molecule has 166 valence electrons. The summed E-state index contributed by atoms with van der Waals surface area (Å²) in [6.07, 6.45) is 0. The van der Waals surface area contributed by atoms with Gasteiger partial charge in [0.2, 0.25) is 5.91 Å². The lowest BCUT2D eigenvalue weighted by molar-refractivity contribution is -0.135. The Bertz CT molecular complexity index is 1080. The Morgan fingerprint density at radius 3 is 2.47 bits per heavy atom. The Kier molecular flexibility index (Phi) is 6.87. The van der Waals surface area contributed by atoms with Crippen molar-refractivity contribution < 1.29 is 19.1 Å². The van der Waals surface area contributed by atoms with E-state index in [1.165, 1.54) is 4.90 Å². The summed E-state index contributed by atoms with van der Waals surface area (Å²) in [4.78, 5) is 28.4. The van der Waals surface area contributed by atoms with Gasteiger partial charge in [0, 0.05) is 31.5 Å². The molecule has 1 saturated heterocycles. The fourth-order valence-electron chi connectivity index (χ4n) is 3.59. The molecular weight excluding hydrogens is 406 g/mol. The molecule has 7 nitrogen and oxygen atoms in total. The van der Waals surface area contributed by atoms with Crippen LogP contribution < -0.4 is 15.0 Å². The molecule has 0 spiro atoms. The lowest BCUT2D eigenvalue weighted by Crippen LogP contribution is -2.37. The summed E-state index contributed by atoms with van der Waals surface area (Å²) in [7, 11) is 1.59. The van der Waals surface area contributed by atoms with E-state index >= 15 is 0 Å². The smallest absolute Gasteiger partial charge is 0.260 e. The zero-order valence-electron chi connectivity index (χ0n) is 18.1. The van der Waals surface area contributed by atoms with Crippen LogP contribution in [-0.2, 0) is 14.3 Å². The van der Waals surface area contributed by atoms with E-state index in [1.54, 1.807) is 7.05 Å². The van der Waals surface area contributed by atoms with Gasteiger partial charge in [0.1, 0.15) is 5.75 Å². The minimum absolute atomic E-state index is 0.0505. The second-order valence-corrected chi connectivity index (χ2v) is 7.74. The molecule has 1 aliphatic heterocycles. The molecule has 0 aliphatic carbocycles. The Hall–Kier alpha value is -3.58. The van der Waals surface area contributed by atoms with Crippen LogP contribution in [0.2, 0.25) is 0 Å². The van der Waals surface area contributed by atoms with Crippen LogP contribution in [0, 0.1) is 0 Å². The maximum absolute atomic E-state index is 12.4. The number of nitrogens with one attached hydrogen (secondary N) is 1. The maximum atomic E-state index is 12.4. The summed E-state index contributed by atoms with van der Waals surface area (Å²) in [5.74, 6) is 0.0944. The molecule has 0 bridgehead atoms. The Balaban J connectivity index is 1.24. The largest absolute Gasteiger partial charge is 0.484 e. The number of rotatable bonds is 7. The summed E-state index contributed by atoms with van der Waals surface area (Å²) in [6, 6.07) is 21.3. The van der Waals surface area contributed by atoms with Crippen LogP contribution in [-0.4, -0.2) is 63.2 Å². The van der Waals surface area contributed by atoms with E-state index in [4.69, 9.17) is 9.47 Å².